The van der Waals surface area contributed by atoms with Crippen LogP contribution in [0.1, 0.15) is 24.1 Å². The van der Waals surface area contributed by atoms with Gasteiger partial charge in [0.1, 0.15) is 17.6 Å². The normalized spacial score (nSPS) is 11.9. The molecule has 0 aromatic heterocycles. The van der Waals surface area contributed by atoms with E-state index in [1.54, 1.807) is 13.0 Å². The molecule has 74 valence electrons. The van der Waals surface area contributed by atoms with Crippen LogP contribution in [0.25, 0.3) is 0 Å². The van der Waals surface area contributed by atoms with Gasteiger partial charge in [-0.05, 0) is 13.0 Å². The topological polar surface area (TPSA) is 79.3 Å². The molecule has 0 radical (unpaired) electrons. The Hall–Kier alpha value is -1.73. The molecular weight excluding hydrogens is 180 g/mol. The summed E-state index contributed by atoms with van der Waals surface area (Å²) in [5.41, 5.74) is 6.54. The van der Waals surface area contributed by atoms with Gasteiger partial charge in [-0.2, -0.15) is 5.26 Å². The third-order valence-electron chi connectivity index (χ3n) is 1.96. The number of nitrogens with two attached hydrogens (primary N) is 1. The van der Waals surface area contributed by atoms with Gasteiger partial charge in [-0.3, -0.25) is 0 Å². The van der Waals surface area contributed by atoms with Crippen molar-refractivity contribution < 1.29 is 9.84 Å². The highest BCUT2D eigenvalue weighted by Gasteiger charge is 2.11. The van der Waals surface area contributed by atoms with Crippen molar-refractivity contribution in [2.24, 2.45) is 5.73 Å². The van der Waals surface area contributed by atoms with Crippen LogP contribution in [-0.2, 0) is 0 Å². The molecule has 0 bridgehead atoms. The number of phenolic OH excluding ortho intramolecular Hbond substituents is 1. The molecule has 3 N–H and O–H groups in total. The molecule has 0 aliphatic carbocycles. The Bertz CT molecular complexity index is 380. The zero-order chi connectivity index (χ0) is 10.7. The smallest absolute Gasteiger partial charge is 0.140 e. The number of benzene rings is 1. The first kappa shape index (κ1) is 10.4. The predicted octanol–water partition coefficient (Wildman–Crippen LogP) is 1.29. The van der Waals surface area contributed by atoms with Gasteiger partial charge in [0.2, 0.25) is 0 Å². The van der Waals surface area contributed by atoms with Crippen molar-refractivity contribution in [2.75, 3.05) is 7.11 Å². The number of hydrogen-bond acceptors (Lipinski definition) is 4. The SMILES string of the molecule is COc1cc(O)c(C(C)N)cc1C#N. The van der Waals surface area contributed by atoms with E-state index in [1.807, 2.05) is 6.07 Å². The van der Waals surface area contributed by atoms with E-state index >= 15 is 0 Å². The first-order valence-corrected chi connectivity index (χ1v) is 4.16. The summed E-state index contributed by atoms with van der Waals surface area (Å²) >= 11 is 0. The molecule has 4 nitrogen and oxygen atoms in total. The minimum Gasteiger partial charge on any atom is -0.507 e. The number of rotatable bonds is 2. The third kappa shape index (κ3) is 1.78. The van der Waals surface area contributed by atoms with E-state index in [9.17, 15) is 5.11 Å². The van der Waals surface area contributed by atoms with Gasteiger partial charge in [0.25, 0.3) is 0 Å². The van der Waals surface area contributed by atoms with E-state index in [0.29, 0.717) is 16.9 Å². The van der Waals surface area contributed by atoms with Crippen molar-refractivity contribution in [3.05, 3.63) is 23.3 Å². The Kier molecular flexibility index (Phi) is 2.95. The molecule has 1 rings (SSSR count). The summed E-state index contributed by atoms with van der Waals surface area (Å²) in [5, 5.41) is 18.3. The molecule has 0 aliphatic rings. The fourth-order valence-corrected chi connectivity index (χ4v) is 1.21. The lowest BCUT2D eigenvalue weighted by Gasteiger charge is -2.11. The molecule has 4 heteroatoms. The predicted molar refractivity (Wildman–Crippen MR) is 52.0 cm³/mol. The van der Waals surface area contributed by atoms with E-state index in [-0.39, 0.29) is 11.8 Å². The summed E-state index contributed by atoms with van der Waals surface area (Å²) in [7, 11) is 1.45. The van der Waals surface area contributed by atoms with Gasteiger partial charge in [0.05, 0.1) is 12.7 Å². The fraction of sp³-hybridized carbons (Fsp3) is 0.300. The minimum atomic E-state index is -0.312. The number of aromatic hydroxyl groups is 1. The molecule has 0 spiro atoms. The van der Waals surface area contributed by atoms with Crippen molar-refractivity contribution >= 4 is 0 Å². The lowest BCUT2D eigenvalue weighted by Crippen LogP contribution is -2.06. The maximum absolute atomic E-state index is 9.54. The Labute approximate surface area is 82.5 Å². The number of ether oxygens (including phenoxy) is 1. The van der Waals surface area contributed by atoms with Gasteiger partial charge in [0.15, 0.2) is 0 Å². The van der Waals surface area contributed by atoms with Gasteiger partial charge in [-0.1, -0.05) is 0 Å². The Morgan fingerprint density at radius 2 is 2.21 bits per heavy atom. The van der Waals surface area contributed by atoms with Crippen LogP contribution in [-0.4, -0.2) is 12.2 Å². The largest absolute Gasteiger partial charge is 0.507 e. The zero-order valence-corrected chi connectivity index (χ0v) is 8.11. The van der Waals surface area contributed by atoms with Crippen molar-refractivity contribution in [1.82, 2.24) is 0 Å². The van der Waals surface area contributed by atoms with Crippen LogP contribution < -0.4 is 10.5 Å². The molecule has 0 saturated carbocycles. The summed E-state index contributed by atoms with van der Waals surface area (Å²) < 4.78 is 4.93. The molecule has 0 saturated heterocycles. The van der Waals surface area contributed by atoms with Crippen LogP contribution in [0.2, 0.25) is 0 Å². The molecule has 1 atom stereocenters. The van der Waals surface area contributed by atoms with Crippen molar-refractivity contribution in [3.8, 4) is 17.6 Å². The highest BCUT2D eigenvalue weighted by atomic mass is 16.5. The Morgan fingerprint density at radius 1 is 1.57 bits per heavy atom. The number of nitrogens with zero attached hydrogens (tertiary/aromatic N) is 1. The third-order valence-corrected chi connectivity index (χ3v) is 1.96. The second kappa shape index (κ2) is 3.99. The summed E-state index contributed by atoms with van der Waals surface area (Å²) in [6, 6.07) is 4.61. The number of methoxy groups -OCH3 is 1. The van der Waals surface area contributed by atoms with Crippen molar-refractivity contribution in [2.45, 2.75) is 13.0 Å². The lowest BCUT2D eigenvalue weighted by atomic mass is 10.0. The molecule has 0 aliphatic heterocycles. The average molecular weight is 192 g/mol. The van der Waals surface area contributed by atoms with E-state index < -0.39 is 0 Å². The van der Waals surface area contributed by atoms with Crippen molar-refractivity contribution in [1.29, 1.82) is 5.26 Å². The van der Waals surface area contributed by atoms with E-state index in [0.717, 1.165) is 0 Å². The average Bonchev–Trinajstić information content (AvgIpc) is 2.16. The fourth-order valence-electron chi connectivity index (χ4n) is 1.21. The molecule has 1 aromatic rings. The van der Waals surface area contributed by atoms with E-state index in [2.05, 4.69) is 0 Å². The molecule has 1 unspecified atom stereocenters. The highest BCUT2D eigenvalue weighted by Crippen LogP contribution is 2.30. The van der Waals surface area contributed by atoms with Gasteiger partial charge in [-0.25, -0.2) is 0 Å². The number of hydrogen-bond donors (Lipinski definition) is 2. The van der Waals surface area contributed by atoms with Gasteiger partial charge in [-0.15, -0.1) is 0 Å². The highest BCUT2D eigenvalue weighted by molar-refractivity contribution is 5.52. The molecule has 14 heavy (non-hydrogen) atoms. The summed E-state index contributed by atoms with van der Waals surface area (Å²) in [6.07, 6.45) is 0. The molecule has 0 fully saturated rings. The molecular formula is C10H12N2O2. The maximum Gasteiger partial charge on any atom is 0.140 e. The van der Waals surface area contributed by atoms with Crippen molar-refractivity contribution in [3.63, 3.8) is 0 Å². The standard InChI is InChI=1S/C10H12N2O2/c1-6(12)8-3-7(5-11)10(14-2)4-9(8)13/h3-4,6,13H,12H2,1-2H3. The van der Waals surface area contributed by atoms with Gasteiger partial charge in [0, 0.05) is 17.7 Å². The van der Waals surface area contributed by atoms with Crippen LogP contribution in [0.15, 0.2) is 12.1 Å². The molecule has 0 amide bonds. The number of phenols is 1. The zero-order valence-electron chi connectivity index (χ0n) is 8.11. The van der Waals surface area contributed by atoms with Crippen LogP contribution in [0.3, 0.4) is 0 Å². The summed E-state index contributed by atoms with van der Waals surface area (Å²) in [6.45, 7) is 1.74. The minimum absolute atomic E-state index is 0.0517. The number of nitriles is 1. The quantitative estimate of drug-likeness (QED) is 0.740. The summed E-state index contributed by atoms with van der Waals surface area (Å²) in [5.74, 6) is 0.408. The van der Waals surface area contributed by atoms with Crippen LogP contribution >= 0.6 is 0 Å². The Morgan fingerprint density at radius 3 is 2.64 bits per heavy atom. The lowest BCUT2D eigenvalue weighted by molar-refractivity contribution is 0.404. The van der Waals surface area contributed by atoms with Crippen LogP contribution in [0.4, 0.5) is 0 Å². The first-order chi connectivity index (χ1) is 6.60. The van der Waals surface area contributed by atoms with E-state index in [1.165, 1.54) is 13.2 Å². The first-order valence-electron chi connectivity index (χ1n) is 4.16. The van der Waals surface area contributed by atoms with E-state index in [4.69, 9.17) is 15.7 Å². The monoisotopic (exact) mass is 192 g/mol. The molecule has 0 heterocycles. The van der Waals surface area contributed by atoms with Gasteiger partial charge >= 0.3 is 0 Å². The van der Waals surface area contributed by atoms with Crippen LogP contribution in [0, 0.1) is 11.3 Å². The summed E-state index contributed by atoms with van der Waals surface area (Å²) in [4.78, 5) is 0. The van der Waals surface area contributed by atoms with Crippen LogP contribution in [0.5, 0.6) is 11.5 Å². The second-order valence-electron chi connectivity index (χ2n) is 3.01. The maximum atomic E-state index is 9.54. The Balaban J connectivity index is 3.32. The van der Waals surface area contributed by atoms with Gasteiger partial charge < -0.3 is 15.6 Å². The molecule has 1 aromatic carbocycles. The second-order valence-corrected chi connectivity index (χ2v) is 3.01.